The fourth-order valence-corrected chi connectivity index (χ4v) is 3.60. The Hall–Kier alpha value is -3.49. The van der Waals surface area contributed by atoms with Gasteiger partial charge in [-0.05, 0) is 30.3 Å². The maximum atomic E-state index is 14.3. The monoisotopic (exact) mass is 427 g/mol. The largest absolute Gasteiger partial charge is 0.340 e. The number of carbonyl (C=O) groups is 1. The fraction of sp³-hybridized carbons (Fsp3) is 0.273. The third kappa shape index (κ3) is 4.99. The molecular formula is C22H20F3N5O. The lowest BCUT2D eigenvalue weighted by atomic mass is 9.94. The van der Waals surface area contributed by atoms with Crippen LogP contribution >= 0.6 is 0 Å². The Bertz CT molecular complexity index is 1090. The summed E-state index contributed by atoms with van der Waals surface area (Å²) in [6.07, 6.45) is 2.76. The molecule has 2 aromatic heterocycles. The molecule has 1 aromatic carbocycles. The number of halogens is 3. The van der Waals surface area contributed by atoms with E-state index in [-0.39, 0.29) is 12.4 Å². The van der Waals surface area contributed by atoms with Crippen molar-refractivity contribution in [1.29, 1.82) is 0 Å². The van der Waals surface area contributed by atoms with Gasteiger partial charge in [0, 0.05) is 55.5 Å². The Morgan fingerprint density at radius 2 is 2.03 bits per heavy atom. The standard InChI is InChI=1S/C22H20F3N5O/c1-14(31)30-12-16(10-22(24,25)13-30)21-28-19(15-4-3-7-26-11-15)9-20(29-21)27-18-6-2-5-17(23)8-18/h2-9,11,16H,10,12-13H2,1H3,(H,27,28,29). The van der Waals surface area contributed by atoms with Gasteiger partial charge < -0.3 is 10.2 Å². The first-order valence-electron chi connectivity index (χ1n) is 9.74. The highest BCUT2D eigenvalue weighted by Crippen LogP contribution is 2.36. The van der Waals surface area contributed by atoms with Crippen LogP contribution in [0.2, 0.25) is 0 Å². The van der Waals surface area contributed by atoms with Crippen molar-refractivity contribution in [2.24, 2.45) is 0 Å². The number of anilines is 2. The van der Waals surface area contributed by atoms with Crippen LogP contribution in [0.1, 0.15) is 25.1 Å². The van der Waals surface area contributed by atoms with Gasteiger partial charge >= 0.3 is 0 Å². The number of alkyl halides is 2. The maximum Gasteiger partial charge on any atom is 0.266 e. The van der Waals surface area contributed by atoms with Gasteiger partial charge in [-0.25, -0.2) is 23.1 Å². The molecule has 6 nitrogen and oxygen atoms in total. The quantitative estimate of drug-likeness (QED) is 0.669. The van der Waals surface area contributed by atoms with E-state index >= 15 is 0 Å². The molecule has 1 aliphatic heterocycles. The molecule has 1 saturated heterocycles. The number of hydrogen-bond acceptors (Lipinski definition) is 5. The lowest BCUT2D eigenvalue weighted by Gasteiger charge is -2.36. The molecule has 0 radical (unpaired) electrons. The molecule has 1 amide bonds. The normalized spacial score (nSPS) is 17.9. The fourth-order valence-electron chi connectivity index (χ4n) is 3.60. The van der Waals surface area contributed by atoms with Crippen molar-refractivity contribution in [1.82, 2.24) is 19.9 Å². The smallest absolute Gasteiger partial charge is 0.266 e. The molecule has 1 fully saturated rings. The summed E-state index contributed by atoms with van der Waals surface area (Å²) in [4.78, 5) is 25.9. The van der Waals surface area contributed by atoms with E-state index < -0.39 is 36.5 Å². The number of rotatable bonds is 4. The number of nitrogens with zero attached hydrogens (tertiary/aromatic N) is 4. The molecule has 3 aromatic rings. The Morgan fingerprint density at radius 3 is 2.74 bits per heavy atom. The van der Waals surface area contributed by atoms with E-state index in [0.29, 0.717) is 22.8 Å². The van der Waals surface area contributed by atoms with Crippen LogP contribution in [0.15, 0.2) is 54.9 Å². The summed E-state index contributed by atoms with van der Waals surface area (Å²) in [5.74, 6) is -4.12. The van der Waals surface area contributed by atoms with E-state index in [1.54, 1.807) is 42.7 Å². The maximum absolute atomic E-state index is 14.3. The molecule has 1 unspecified atom stereocenters. The van der Waals surface area contributed by atoms with Crippen molar-refractivity contribution in [3.63, 3.8) is 0 Å². The van der Waals surface area contributed by atoms with Gasteiger partial charge in [-0.2, -0.15) is 0 Å². The van der Waals surface area contributed by atoms with Gasteiger partial charge in [-0.3, -0.25) is 9.78 Å². The van der Waals surface area contributed by atoms with E-state index in [4.69, 9.17) is 0 Å². The Labute approximate surface area is 177 Å². The third-order valence-corrected chi connectivity index (χ3v) is 5.02. The second-order valence-corrected chi connectivity index (χ2v) is 7.53. The average Bonchev–Trinajstić information content (AvgIpc) is 2.73. The second-order valence-electron chi connectivity index (χ2n) is 7.53. The Balaban J connectivity index is 1.75. The lowest BCUT2D eigenvalue weighted by Crippen LogP contribution is -2.48. The summed E-state index contributed by atoms with van der Waals surface area (Å²) in [6.45, 7) is 0.749. The number of likely N-dealkylation sites (tertiary alicyclic amines) is 1. The molecule has 1 atom stereocenters. The molecule has 0 saturated carbocycles. The van der Waals surface area contributed by atoms with E-state index in [9.17, 15) is 18.0 Å². The zero-order chi connectivity index (χ0) is 22.0. The van der Waals surface area contributed by atoms with E-state index in [1.807, 2.05) is 0 Å². The van der Waals surface area contributed by atoms with E-state index in [1.165, 1.54) is 19.1 Å². The minimum atomic E-state index is -3.04. The number of aromatic nitrogens is 3. The van der Waals surface area contributed by atoms with Crippen LogP contribution in [0, 0.1) is 5.82 Å². The summed E-state index contributed by atoms with van der Waals surface area (Å²) in [7, 11) is 0. The number of amides is 1. The highest BCUT2D eigenvalue weighted by Gasteiger charge is 2.43. The highest BCUT2D eigenvalue weighted by atomic mass is 19.3. The van der Waals surface area contributed by atoms with Crippen molar-refractivity contribution >= 4 is 17.4 Å². The second kappa shape index (κ2) is 8.33. The van der Waals surface area contributed by atoms with E-state index in [2.05, 4.69) is 20.3 Å². The molecule has 160 valence electrons. The average molecular weight is 427 g/mol. The number of nitrogens with one attached hydrogen (secondary N) is 1. The van der Waals surface area contributed by atoms with Gasteiger partial charge in [0.2, 0.25) is 5.91 Å². The first-order chi connectivity index (χ1) is 14.8. The van der Waals surface area contributed by atoms with Crippen LogP contribution in [0.3, 0.4) is 0 Å². The number of pyridine rings is 1. The third-order valence-electron chi connectivity index (χ3n) is 5.02. The molecule has 1 aliphatic rings. The number of carbonyl (C=O) groups excluding carboxylic acids is 1. The van der Waals surface area contributed by atoms with Gasteiger partial charge in [0.05, 0.1) is 12.2 Å². The van der Waals surface area contributed by atoms with Gasteiger partial charge in [-0.15, -0.1) is 0 Å². The van der Waals surface area contributed by atoms with Gasteiger partial charge in [0.1, 0.15) is 17.5 Å². The summed E-state index contributed by atoms with van der Waals surface area (Å²) >= 11 is 0. The molecule has 3 heterocycles. The molecule has 0 spiro atoms. The van der Waals surface area contributed by atoms with Crippen LogP contribution < -0.4 is 5.32 Å². The topological polar surface area (TPSA) is 71.0 Å². The zero-order valence-electron chi connectivity index (χ0n) is 16.7. The van der Waals surface area contributed by atoms with Crippen LogP contribution in [-0.4, -0.2) is 44.8 Å². The molecule has 0 bridgehead atoms. The van der Waals surface area contributed by atoms with Crippen LogP contribution in [0.5, 0.6) is 0 Å². The van der Waals surface area contributed by atoms with Crippen LogP contribution in [0.4, 0.5) is 24.7 Å². The van der Waals surface area contributed by atoms with Crippen molar-refractivity contribution in [3.8, 4) is 11.3 Å². The van der Waals surface area contributed by atoms with E-state index in [0.717, 1.165) is 4.90 Å². The van der Waals surface area contributed by atoms with Crippen LogP contribution in [0.25, 0.3) is 11.3 Å². The van der Waals surface area contributed by atoms with Crippen LogP contribution in [-0.2, 0) is 4.79 Å². The predicted octanol–water partition coefficient (Wildman–Crippen LogP) is 4.39. The Kier molecular flexibility index (Phi) is 5.58. The van der Waals surface area contributed by atoms with Crippen molar-refractivity contribution < 1.29 is 18.0 Å². The molecule has 0 aliphatic carbocycles. The minimum Gasteiger partial charge on any atom is -0.340 e. The highest BCUT2D eigenvalue weighted by molar-refractivity contribution is 5.73. The summed E-state index contributed by atoms with van der Waals surface area (Å²) < 4.78 is 42.3. The molecule has 9 heteroatoms. The molecular weight excluding hydrogens is 407 g/mol. The van der Waals surface area contributed by atoms with Gasteiger partial charge in [0.25, 0.3) is 5.92 Å². The van der Waals surface area contributed by atoms with Crippen molar-refractivity contribution in [2.45, 2.75) is 25.2 Å². The Morgan fingerprint density at radius 1 is 1.19 bits per heavy atom. The van der Waals surface area contributed by atoms with Gasteiger partial charge in [-0.1, -0.05) is 6.07 Å². The predicted molar refractivity (Wildman–Crippen MR) is 110 cm³/mol. The first-order valence-corrected chi connectivity index (χ1v) is 9.74. The number of hydrogen-bond donors (Lipinski definition) is 1. The molecule has 31 heavy (non-hydrogen) atoms. The number of benzene rings is 1. The SMILES string of the molecule is CC(=O)N1CC(c2nc(Nc3cccc(F)c3)cc(-c3cccnc3)n2)CC(F)(F)C1. The number of piperidine rings is 1. The molecule has 1 N–H and O–H groups in total. The van der Waals surface area contributed by atoms with Crippen molar-refractivity contribution in [3.05, 3.63) is 66.5 Å². The van der Waals surface area contributed by atoms with Crippen molar-refractivity contribution in [2.75, 3.05) is 18.4 Å². The lowest BCUT2D eigenvalue weighted by molar-refractivity contribution is -0.140. The zero-order valence-corrected chi connectivity index (χ0v) is 16.7. The molecule has 4 rings (SSSR count). The van der Waals surface area contributed by atoms with Gasteiger partial charge in [0.15, 0.2) is 0 Å². The minimum absolute atomic E-state index is 0.0980. The summed E-state index contributed by atoms with van der Waals surface area (Å²) in [5.41, 5.74) is 1.63. The first kappa shape index (κ1) is 20.8. The summed E-state index contributed by atoms with van der Waals surface area (Å²) in [6, 6.07) is 11.0. The summed E-state index contributed by atoms with van der Waals surface area (Å²) in [5, 5.41) is 3.01.